The summed E-state index contributed by atoms with van der Waals surface area (Å²) in [5, 5.41) is 0.918. The molecule has 0 amide bonds. The number of hydrogen-bond acceptors (Lipinski definition) is 2. The van der Waals surface area contributed by atoms with E-state index in [4.69, 9.17) is 4.74 Å². The maximum absolute atomic E-state index is 5.77. The lowest BCUT2D eigenvalue weighted by atomic mass is 9.93. The molecular weight excluding hydrogens is 368 g/mol. The molecule has 0 spiro atoms. The number of benzene rings is 2. The third-order valence-corrected chi connectivity index (χ3v) is 5.37. The van der Waals surface area contributed by atoms with Gasteiger partial charge in [0, 0.05) is 12.4 Å². The molecule has 0 bridgehead atoms. The quantitative estimate of drug-likeness (QED) is 0.536. The summed E-state index contributed by atoms with van der Waals surface area (Å²) in [4.78, 5) is 0. The Balaban J connectivity index is 2.16. The average molecular weight is 393 g/mol. The summed E-state index contributed by atoms with van der Waals surface area (Å²) in [6, 6.07) is 17.3. The van der Waals surface area contributed by atoms with Gasteiger partial charge in [-0.2, -0.15) is 11.8 Å². The molecule has 23 heavy (non-hydrogen) atoms. The molecule has 0 radical (unpaired) electrons. The standard InChI is InChI=1S/C20H25BrOS/c1-22-19(13-16-7-4-3-5-8-16)14-17-9-6-10-18(15-21)20(17)11-12-23-2/h3-10,19H,11-15H2,1-2H3. The second kappa shape index (κ2) is 10.2. The molecule has 0 aliphatic carbocycles. The first-order valence-corrected chi connectivity index (χ1v) is 10.5. The van der Waals surface area contributed by atoms with E-state index in [0.717, 1.165) is 30.3 Å². The minimum Gasteiger partial charge on any atom is -0.381 e. The zero-order chi connectivity index (χ0) is 16.5. The fourth-order valence-electron chi connectivity index (χ4n) is 2.89. The summed E-state index contributed by atoms with van der Waals surface area (Å²) in [5.41, 5.74) is 5.67. The van der Waals surface area contributed by atoms with Crippen LogP contribution in [0.3, 0.4) is 0 Å². The second-order valence-electron chi connectivity index (χ2n) is 5.68. The first-order valence-electron chi connectivity index (χ1n) is 7.99. The smallest absolute Gasteiger partial charge is 0.0652 e. The number of thioether (sulfide) groups is 1. The molecule has 0 aliphatic rings. The molecule has 0 heterocycles. The van der Waals surface area contributed by atoms with Crippen LogP contribution in [0.25, 0.3) is 0 Å². The zero-order valence-electron chi connectivity index (χ0n) is 13.9. The van der Waals surface area contributed by atoms with E-state index in [2.05, 4.69) is 70.7 Å². The second-order valence-corrected chi connectivity index (χ2v) is 7.23. The highest BCUT2D eigenvalue weighted by atomic mass is 79.9. The number of rotatable bonds is 9. The van der Waals surface area contributed by atoms with E-state index in [0.29, 0.717) is 0 Å². The zero-order valence-corrected chi connectivity index (χ0v) is 16.3. The molecule has 2 aromatic carbocycles. The van der Waals surface area contributed by atoms with Crippen LogP contribution in [-0.4, -0.2) is 25.2 Å². The Morgan fingerprint density at radius 2 is 1.74 bits per heavy atom. The largest absolute Gasteiger partial charge is 0.381 e. The number of hydrogen-bond donors (Lipinski definition) is 0. The third kappa shape index (κ3) is 5.66. The lowest BCUT2D eigenvalue weighted by Gasteiger charge is -2.19. The Labute approximate surface area is 153 Å². The van der Waals surface area contributed by atoms with E-state index >= 15 is 0 Å². The lowest BCUT2D eigenvalue weighted by Crippen LogP contribution is -2.18. The van der Waals surface area contributed by atoms with Crippen molar-refractivity contribution < 1.29 is 4.74 Å². The lowest BCUT2D eigenvalue weighted by molar-refractivity contribution is 0.103. The average Bonchev–Trinajstić information content (AvgIpc) is 2.60. The van der Waals surface area contributed by atoms with E-state index in [1.807, 2.05) is 18.9 Å². The van der Waals surface area contributed by atoms with Gasteiger partial charge in [-0.15, -0.1) is 0 Å². The first kappa shape index (κ1) is 18.6. The molecular formula is C20H25BrOS. The van der Waals surface area contributed by atoms with E-state index in [1.54, 1.807) is 0 Å². The minimum absolute atomic E-state index is 0.219. The Morgan fingerprint density at radius 3 is 2.39 bits per heavy atom. The van der Waals surface area contributed by atoms with Crippen LogP contribution < -0.4 is 0 Å². The molecule has 1 nitrogen and oxygen atoms in total. The molecule has 1 unspecified atom stereocenters. The summed E-state index contributed by atoms with van der Waals surface area (Å²) in [5.74, 6) is 1.16. The molecule has 0 aliphatic heterocycles. The molecule has 0 saturated heterocycles. The highest BCUT2D eigenvalue weighted by Gasteiger charge is 2.14. The van der Waals surface area contributed by atoms with Crippen molar-refractivity contribution in [1.82, 2.24) is 0 Å². The Kier molecular flexibility index (Phi) is 8.21. The number of halogens is 1. The van der Waals surface area contributed by atoms with Crippen molar-refractivity contribution in [3.05, 3.63) is 70.8 Å². The van der Waals surface area contributed by atoms with Gasteiger partial charge in [0.25, 0.3) is 0 Å². The molecule has 2 rings (SSSR count). The van der Waals surface area contributed by atoms with Crippen molar-refractivity contribution in [3.8, 4) is 0 Å². The third-order valence-electron chi connectivity index (χ3n) is 4.16. The van der Waals surface area contributed by atoms with Crippen LogP contribution in [-0.2, 0) is 29.3 Å². The summed E-state index contributed by atoms with van der Waals surface area (Å²) < 4.78 is 5.77. The van der Waals surface area contributed by atoms with Gasteiger partial charge in [-0.05, 0) is 53.5 Å². The van der Waals surface area contributed by atoms with Gasteiger partial charge < -0.3 is 4.74 Å². The van der Waals surface area contributed by atoms with Crippen molar-refractivity contribution in [1.29, 1.82) is 0 Å². The van der Waals surface area contributed by atoms with E-state index in [9.17, 15) is 0 Å². The van der Waals surface area contributed by atoms with Gasteiger partial charge in [0.15, 0.2) is 0 Å². The number of methoxy groups -OCH3 is 1. The summed E-state index contributed by atoms with van der Waals surface area (Å²) in [6.07, 6.45) is 5.44. The van der Waals surface area contributed by atoms with Crippen LogP contribution in [0.5, 0.6) is 0 Å². The SMILES string of the molecule is COC(Cc1ccccc1)Cc1cccc(CBr)c1CCSC. The molecule has 0 fully saturated rings. The maximum atomic E-state index is 5.77. The first-order chi connectivity index (χ1) is 11.3. The van der Waals surface area contributed by atoms with Crippen LogP contribution in [0, 0.1) is 0 Å². The molecule has 3 heteroatoms. The van der Waals surface area contributed by atoms with Crippen molar-refractivity contribution in [3.63, 3.8) is 0 Å². The summed E-state index contributed by atoms with van der Waals surface area (Å²) in [6.45, 7) is 0. The van der Waals surface area contributed by atoms with Crippen LogP contribution in [0.15, 0.2) is 48.5 Å². The highest BCUT2D eigenvalue weighted by Crippen LogP contribution is 2.22. The fourth-order valence-corrected chi connectivity index (χ4v) is 3.82. The van der Waals surface area contributed by atoms with Crippen molar-refractivity contribution in [2.45, 2.75) is 30.7 Å². The van der Waals surface area contributed by atoms with Crippen molar-refractivity contribution in [2.24, 2.45) is 0 Å². The van der Waals surface area contributed by atoms with Crippen LogP contribution >= 0.6 is 27.7 Å². The normalized spacial score (nSPS) is 12.3. The fraction of sp³-hybridized carbons (Fsp3) is 0.400. The van der Waals surface area contributed by atoms with E-state index < -0.39 is 0 Å². The van der Waals surface area contributed by atoms with Gasteiger partial charge in [-0.3, -0.25) is 0 Å². The van der Waals surface area contributed by atoms with Gasteiger partial charge in [0.1, 0.15) is 0 Å². The number of ether oxygens (including phenoxy) is 1. The maximum Gasteiger partial charge on any atom is 0.0652 e. The predicted octanol–water partition coefficient (Wildman–Crippen LogP) is 5.29. The molecule has 0 aromatic heterocycles. The predicted molar refractivity (Wildman–Crippen MR) is 106 cm³/mol. The number of alkyl halides is 1. The van der Waals surface area contributed by atoms with Crippen molar-refractivity contribution >= 4 is 27.7 Å². The minimum atomic E-state index is 0.219. The van der Waals surface area contributed by atoms with Gasteiger partial charge in [-0.25, -0.2) is 0 Å². The highest BCUT2D eigenvalue weighted by molar-refractivity contribution is 9.08. The molecule has 1 atom stereocenters. The van der Waals surface area contributed by atoms with Crippen LogP contribution in [0.4, 0.5) is 0 Å². The monoisotopic (exact) mass is 392 g/mol. The molecule has 2 aromatic rings. The van der Waals surface area contributed by atoms with Gasteiger partial charge in [-0.1, -0.05) is 64.5 Å². The van der Waals surface area contributed by atoms with Gasteiger partial charge in [0.2, 0.25) is 0 Å². The molecule has 124 valence electrons. The Bertz CT molecular complexity index is 585. The summed E-state index contributed by atoms with van der Waals surface area (Å²) >= 11 is 5.54. The van der Waals surface area contributed by atoms with Gasteiger partial charge in [0.05, 0.1) is 6.10 Å². The van der Waals surface area contributed by atoms with E-state index in [-0.39, 0.29) is 6.10 Å². The van der Waals surface area contributed by atoms with Gasteiger partial charge >= 0.3 is 0 Å². The van der Waals surface area contributed by atoms with Crippen molar-refractivity contribution in [2.75, 3.05) is 19.1 Å². The van der Waals surface area contributed by atoms with Crippen LogP contribution in [0.1, 0.15) is 22.3 Å². The summed E-state index contributed by atoms with van der Waals surface area (Å²) in [7, 11) is 1.82. The van der Waals surface area contributed by atoms with E-state index in [1.165, 1.54) is 22.3 Å². The molecule has 0 saturated carbocycles. The molecule has 0 N–H and O–H groups in total. The Hall–Kier alpha value is -0.770. The Morgan fingerprint density at radius 1 is 1.00 bits per heavy atom. The topological polar surface area (TPSA) is 9.23 Å². The van der Waals surface area contributed by atoms with Crippen LogP contribution in [0.2, 0.25) is 0 Å².